The second-order valence-corrected chi connectivity index (χ2v) is 3.36. The van der Waals surface area contributed by atoms with Crippen molar-refractivity contribution in [1.29, 1.82) is 0 Å². The van der Waals surface area contributed by atoms with Crippen LogP contribution in [0.15, 0.2) is 0 Å². The van der Waals surface area contributed by atoms with Crippen molar-refractivity contribution in [1.82, 2.24) is 4.90 Å². The molecule has 0 saturated carbocycles. The second kappa shape index (κ2) is 7.10. The highest BCUT2D eigenvalue weighted by Gasteiger charge is 1.96. The van der Waals surface area contributed by atoms with E-state index in [1.165, 1.54) is 6.42 Å². The van der Waals surface area contributed by atoms with Gasteiger partial charge in [0.2, 0.25) is 0 Å². The van der Waals surface area contributed by atoms with E-state index in [1.807, 2.05) is 0 Å². The fraction of sp³-hybridized carbons (Fsp3) is 0.889. The van der Waals surface area contributed by atoms with Crippen LogP contribution in [0.25, 0.3) is 0 Å². The lowest BCUT2D eigenvalue weighted by Gasteiger charge is -2.07. The molecule has 0 spiro atoms. The molecule has 3 nitrogen and oxygen atoms in total. The Morgan fingerprint density at radius 1 is 1.17 bits per heavy atom. The summed E-state index contributed by atoms with van der Waals surface area (Å²) in [5, 5.41) is 8.35. The van der Waals surface area contributed by atoms with Crippen LogP contribution in [0.2, 0.25) is 0 Å². The van der Waals surface area contributed by atoms with Gasteiger partial charge < -0.3 is 10.0 Å². The molecular weight excluding hydrogens is 154 g/mol. The molecule has 12 heavy (non-hydrogen) atoms. The third-order valence-electron chi connectivity index (χ3n) is 1.75. The Morgan fingerprint density at radius 3 is 2.25 bits per heavy atom. The van der Waals surface area contributed by atoms with Gasteiger partial charge in [-0.3, -0.25) is 4.79 Å². The van der Waals surface area contributed by atoms with Gasteiger partial charge in [-0.15, -0.1) is 0 Å². The van der Waals surface area contributed by atoms with Gasteiger partial charge in [0.15, 0.2) is 0 Å². The lowest BCUT2D eigenvalue weighted by atomic mass is 10.1. The van der Waals surface area contributed by atoms with E-state index in [0.29, 0.717) is 6.42 Å². The molecule has 0 aliphatic carbocycles. The van der Waals surface area contributed by atoms with Gasteiger partial charge in [-0.1, -0.05) is 12.8 Å². The monoisotopic (exact) mass is 173 g/mol. The molecule has 0 fully saturated rings. The van der Waals surface area contributed by atoms with E-state index >= 15 is 0 Å². The lowest BCUT2D eigenvalue weighted by molar-refractivity contribution is -0.137. The Morgan fingerprint density at radius 2 is 1.75 bits per heavy atom. The van der Waals surface area contributed by atoms with Gasteiger partial charge in [-0.25, -0.2) is 0 Å². The summed E-state index contributed by atoms with van der Waals surface area (Å²) in [6.45, 7) is 1.10. The topological polar surface area (TPSA) is 40.5 Å². The first kappa shape index (κ1) is 11.4. The number of hydrogen-bond donors (Lipinski definition) is 1. The maximum Gasteiger partial charge on any atom is 0.303 e. The van der Waals surface area contributed by atoms with E-state index in [9.17, 15) is 4.79 Å². The lowest BCUT2D eigenvalue weighted by Crippen LogP contribution is -2.12. The molecule has 1 N–H and O–H groups in total. The van der Waals surface area contributed by atoms with Crippen molar-refractivity contribution < 1.29 is 9.90 Å². The Bertz CT molecular complexity index is 124. The minimum Gasteiger partial charge on any atom is -0.481 e. The van der Waals surface area contributed by atoms with Crippen LogP contribution in [0.4, 0.5) is 0 Å². The van der Waals surface area contributed by atoms with Crippen molar-refractivity contribution in [3.63, 3.8) is 0 Å². The molecule has 0 aliphatic heterocycles. The van der Waals surface area contributed by atoms with Gasteiger partial charge in [0, 0.05) is 6.42 Å². The first-order valence-corrected chi connectivity index (χ1v) is 4.49. The largest absolute Gasteiger partial charge is 0.481 e. The fourth-order valence-electron chi connectivity index (χ4n) is 1.06. The van der Waals surface area contributed by atoms with E-state index in [0.717, 1.165) is 25.8 Å². The summed E-state index contributed by atoms with van der Waals surface area (Å²) in [4.78, 5) is 12.3. The fourth-order valence-corrected chi connectivity index (χ4v) is 1.06. The van der Waals surface area contributed by atoms with Crippen molar-refractivity contribution in [2.75, 3.05) is 20.6 Å². The van der Waals surface area contributed by atoms with E-state index in [4.69, 9.17) is 5.11 Å². The number of carboxylic acid groups (broad SMARTS) is 1. The van der Waals surface area contributed by atoms with Crippen molar-refractivity contribution in [2.24, 2.45) is 0 Å². The van der Waals surface area contributed by atoms with Crippen LogP contribution in [0.1, 0.15) is 32.1 Å². The highest BCUT2D eigenvalue weighted by molar-refractivity contribution is 5.66. The highest BCUT2D eigenvalue weighted by Crippen LogP contribution is 2.02. The zero-order valence-corrected chi connectivity index (χ0v) is 8.05. The molecule has 0 aromatic heterocycles. The van der Waals surface area contributed by atoms with E-state index < -0.39 is 5.97 Å². The first-order chi connectivity index (χ1) is 5.63. The summed E-state index contributed by atoms with van der Waals surface area (Å²) in [5.74, 6) is -0.678. The molecule has 0 bridgehead atoms. The minimum absolute atomic E-state index is 0.321. The van der Waals surface area contributed by atoms with E-state index in [-0.39, 0.29) is 0 Å². The van der Waals surface area contributed by atoms with Crippen molar-refractivity contribution in [3.05, 3.63) is 0 Å². The summed E-state index contributed by atoms with van der Waals surface area (Å²) in [6, 6.07) is 0. The molecule has 0 rings (SSSR count). The Hall–Kier alpha value is -0.570. The summed E-state index contributed by atoms with van der Waals surface area (Å²) in [6.07, 6.45) is 4.50. The molecule has 0 atom stereocenters. The Balaban J connectivity index is 2.96. The zero-order valence-electron chi connectivity index (χ0n) is 8.05. The van der Waals surface area contributed by atoms with Gasteiger partial charge in [-0.05, 0) is 33.5 Å². The van der Waals surface area contributed by atoms with Gasteiger partial charge in [0.25, 0.3) is 0 Å². The second-order valence-electron chi connectivity index (χ2n) is 3.36. The molecule has 0 unspecified atom stereocenters. The standard InChI is InChI=1S/C9H19NO2/c1-10(2)8-6-4-3-5-7-9(11)12/h3-8H2,1-2H3,(H,11,12). The SMILES string of the molecule is CN(C)CCCCCCC(=O)O. The average Bonchev–Trinajstić information content (AvgIpc) is 1.95. The van der Waals surface area contributed by atoms with Gasteiger partial charge in [-0.2, -0.15) is 0 Å². The number of nitrogens with zero attached hydrogens (tertiary/aromatic N) is 1. The van der Waals surface area contributed by atoms with Gasteiger partial charge in [0.05, 0.1) is 0 Å². The molecule has 0 aromatic carbocycles. The van der Waals surface area contributed by atoms with Crippen LogP contribution in [-0.4, -0.2) is 36.6 Å². The van der Waals surface area contributed by atoms with Crippen molar-refractivity contribution in [3.8, 4) is 0 Å². The smallest absolute Gasteiger partial charge is 0.303 e. The van der Waals surface area contributed by atoms with Crippen LogP contribution in [0.3, 0.4) is 0 Å². The zero-order chi connectivity index (χ0) is 9.40. The molecule has 0 saturated heterocycles. The Kier molecular flexibility index (Phi) is 6.76. The van der Waals surface area contributed by atoms with Crippen molar-refractivity contribution in [2.45, 2.75) is 32.1 Å². The Labute approximate surface area is 74.4 Å². The molecular formula is C9H19NO2. The summed E-state index contributed by atoms with van der Waals surface area (Å²) in [5.41, 5.74) is 0. The molecule has 0 amide bonds. The maximum absolute atomic E-state index is 10.1. The van der Waals surface area contributed by atoms with Crippen LogP contribution in [-0.2, 0) is 4.79 Å². The van der Waals surface area contributed by atoms with Crippen LogP contribution < -0.4 is 0 Å². The highest BCUT2D eigenvalue weighted by atomic mass is 16.4. The molecule has 72 valence electrons. The van der Waals surface area contributed by atoms with E-state index in [2.05, 4.69) is 19.0 Å². The maximum atomic E-state index is 10.1. The number of aliphatic carboxylic acids is 1. The van der Waals surface area contributed by atoms with Crippen LogP contribution in [0.5, 0.6) is 0 Å². The number of rotatable bonds is 7. The van der Waals surface area contributed by atoms with Gasteiger partial charge >= 0.3 is 5.97 Å². The molecule has 3 heteroatoms. The first-order valence-electron chi connectivity index (χ1n) is 4.49. The summed E-state index contributed by atoms with van der Waals surface area (Å²) in [7, 11) is 4.11. The van der Waals surface area contributed by atoms with Crippen LogP contribution in [0, 0.1) is 0 Å². The molecule has 0 heterocycles. The molecule has 0 aromatic rings. The number of unbranched alkanes of at least 4 members (excludes halogenated alkanes) is 3. The number of carbonyl (C=O) groups is 1. The third-order valence-corrected chi connectivity index (χ3v) is 1.75. The van der Waals surface area contributed by atoms with E-state index in [1.54, 1.807) is 0 Å². The predicted molar refractivity (Wildman–Crippen MR) is 49.3 cm³/mol. The summed E-state index contributed by atoms with van der Waals surface area (Å²) < 4.78 is 0. The average molecular weight is 173 g/mol. The van der Waals surface area contributed by atoms with Gasteiger partial charge in [0.1, 0.15) is 0 Å². The normalized spacial score (nSPS) is 10.6. The molecule has 0 aliphatic rings. The summed E-state index contributed by atoms with van der Waals surface area (Å²) >= 11 is 0. The quantitative estimate of drug-likeness (QED) is 0.594. The van der Waals surface area contributed by atoms with Crippen molar-refractivity contribution >= 4 is 5.97 Å². The number of carboxylic acids is 1. The molecule has 0 radical (unpaired) electrons. The minimum atomic E-state index is -0.678. The number of hydrogen-bond acceptors (Lipinski definition) is 2. The predicted octanol–water partition coefficient (Wildman–Crippen LogP) is 1.58. The van der Waals surface area contributed by atoms with Crippen LogP contribution >= 0.6 is 0 Å². The third kappa shape index (κ3) is 9.43.